The predicted octanol–water partition coefficient (Wildman–Crippen LogP) is 7.71. The highest BCUT2D eigenvalue weighted by Crippen LogP contribution is 2.48. The van der Waals surface area contributed by atoms with Crippen LogP contribution in [0.3, 0.4) is 0 Å². The van der Waals surface area contributed by atoms with E-state index in [9.17, 15) is 14.7 Å². The van der Waals surface area contributed by atoms with Crippen LogP contribution in [-0.4, -0.2) is 78.6 Å². The van der Waals surface area contributed by atoms with Gasteiger partial charge in [-0.1, -0.05) is 43.0 Å². The molecule has 2 amide bonds. The van der Waals surface area contributed by atoms with Gasteiger partial charge in [-0.3, -0.25) is 14.5 Å². The molecule has 5 aliphatic rings. The van der Waals surface area contributed by atoms with Crippen LogP contribution in [0.25, 0.3) is 0 Å². The molecule has 4 aliphatic heterocycles. The summed E-state index contributed by atoms with van der Waals surface area (Å²) in [4.78, 5) is 34.3. The van der Waals surface area contributed by atoms with Gasteiger partial charge in [-0.25, -0.2) is 8.78 Å². The van der Waals surface area contributed by atoms with E-state index < -0.39 is 17.7 Å². The van der Waals surface area contributed by atoms with Gasteiger partial charge in [-0.05, 0) is 134 Å². The number of nitrogens with one attached hydrogen (secondary N) is 1. The molecule has 0 radical (unpaired) electrons. The standard InChI is InChI=1S/C47H51F2N5O3/c1-30-7-14-43(46(56)50-30)54-29-35-25-36(9-12-40(35)47(54)57)52-23-21-51(22-24-52)18-15-31-16-19-53(20-17-31)45-41(48)27-34(28-42(45)49)44-38(32-5-3-2-4-6-32)11-8-33-26-37(55)10-13-39(33)44/h2-6,9-10,12-13,25-28,31,38,43-44,55H,1,7-8,11,14-24,29H2,(H,50,56)/t38-,43?,44+/m1/s1. The van der Waals surface area contributed by atoms with Gasteiger partial charge in [0.05, 0.1) is 0 Å². The van der Waals surface area contributed by atoms with Gasteiger partial charge in [0.2, 0.25) is 5.91 Å². The number of amides is 2. The molecule has 296 valence electrons. The highest BCUT2D eigenvalue weighted by atomic mass is 19.1. The molecule has 8 nitrogen and oxygen atoms in total. The fourth-order valence-corrected chi connectivity index (χ4v) is 10.2. The normalized spacial score (nSPS) is 23.1. The van der Waals surface area contributed by atoms with E-state index in [0.717, 1.165) is 92.8 Å². The smallest absolute Gasteiger partial charge is 0.255 e. The number of hydrogen-bond acceptors (Lipinski definition) is 6. The van der Waals surface area contributed by atoms with Gasteiger partial charge in [0.1, 0.15) is 29.1 Å². The maximum absolute atomic E-state index is 16.1. The molecule has 3 fully saturated rings. The number of allylic oxidation sites excluding steroid dienone is 1. The molecule has 4 aromatic carbocycles. The lowest BCUT2D eigenvalue weighted by Gasteiger charge is -2.38. The van der Waals surface area contributed by atoms with Crippen LogP contribution >= 0.6 is 0 Å². The Kier molecular flexibility index (Phi) is 10.2. The summed E-state index contributed by atoms with van der Waals surface area (Å²) in [7, 11) is 0. The average Bonchev–Trinajstić information content (AvgIpc) is 3.55. The number of nitrogens with zero attached hydrogens (tertiary/aromatic N) is 4. The number of aromatic hydroxyl groups is 1. The Morgan fingerprint density at radius 1 is 0.754 bits per heavy atom. The number of aryl methyl sites for hydroxylation is 1. The fourth-order valence-electron chi connectivity index (χ4n) is 10.2. The zero-order valence-electron chi connectivity index (χ0n) is 32.4. The number of benzene rings is 4. The van der Waals surface area contributed by atoms with Crippen LogP contribution in [-0.2, 0) is 17.8 Å². The van der Waals surface area contributed by atoms with Crippen molar-refractivity contribution in [3.63, 3.8) is 0 Å². The second kappa shape index (κ2) is 15.6. The first-order valence-corrected chi connectivity index (χ1v) is 20.7. The Hall–Kier alpha value is -5.22. The lowest BCUT2D eigenvalue weighted by atomic mass is 9.69. The van der Waals surface area contributed by atoms with Crippen LogP contribution in [0.5, 0.6) is 5.75 Å². The molecule has 1 aliphatic carbocycles. The number of hydrogen-bond donors (Lipinski definition) is 2. The third-order valence-corrected chi connectivity index (χ3v) is 13.4. The summed E-state index contributed by atoms with van der Waals surface area (Å²) in [6, 6.07) is 24.3. The monoisotopic (exact) mass is 771 g/mol. The molecule has 10 heteroatoms. The number of halogens is 2. The Labute approximate surface area is 333 Å². The number of carbonyl (C=O) groups excluding carboxylic acids is 2. The second-order valence-electron chi connectivity index (χ2n) is 16.7. The third-order valence-electron chi connectivity index (χ3n) is 13.4. The molecular weight excluding hydrogens is 721 g/mol. The number of fused-ring (bicyclic) bond motifs is 2. The van der Waals surface area contributed by atoms with E-state index in [1.807, 2.05) is 41.3 Å². The van der Waals surface area contributed by atoms with Crippen molar-refractivity contribution in [1.29, 1.82) is 0 Å². The molecule has 9 rings (SSSR count). The first kappa shape index (κ1) is 37.4. The fraction of sp³-hybridized carbons (Fsp3) is 0.404. The number of phenolic OH excluding ortho intramolecular Hbond substituents is 1. The summed E-state index contributed by atoms with van der Waals surface area (Å²) in [5.74, 6) is -0.656. The van der Waals surface area contributed by atoms with Crippen molar-refractivity contribution in [1.82, 2.24) is 15.1 Å². The summed E-state index contributed by atoms with van der Waals surface area (Å²) in [5.41, 5.74) is 7.42. The molecule has 0 spiro atoms. The molecule has 2 N–H and O–H groups in total. The molecule has 3 saturated heterocycles. The van der Waals surface area contributed by atoms with Crippen molar-refractivity contribution < 1.29 is 23.5 Å². The van der Waals surface area contributed by atoms with Gasteiger partial charge in [0.15, 0.2) is 0 Å². The number of piperidine rings is 2. The maximum Gasteiger partial charge on any atom is 0.255 e. The van der Waals surface area contributed by atoms with Crippen LogP contribution in [0.1, 0.15) is 88.5 Å². The first-order valence-electron chi connectivity index (χ1n) is 20.7. The number of anilines is 2. The van der Waals surface area contributed by atoms with Crippen LogP contribution < -0.4 is 15.1 Å². The van der Waals surface area contributed by atoms with Gasteiger partial charge in [0.25, 0.3) is 5.91 Å². The summed E-state index contributed by atoms with van der Waals surface area (Å²) in [6.45, 7) is 10.3. The lowest BCUT2D eigenvalue weighted by Crippen LogP contribution is -2.49. The minimum atomic E-state index is -0.505. The Bertz CT molecular complexity index is 2160. The molecule has 4 heterocycles. The molecule has 0 aromatic heterocycles. The van der Waals surface area contributed by atoms with Crippen molar-refractivity contribution in [2.75, 3.05) is 55.6 Å². The Morgan fingerprint density at radius 2 is 1.51 bits per heavy atom. The van der Waals surface area contributed by atoms with Crippen LogP contribution in [0.4, 0.5) is 20.2 Å². The van der Waals surface area contributed by atoms with Crippen molar-refractivity contribution in [2.45, 2.75) is 69.4 Å². The van der Waals surface area contributed by atoms with Crippen molar-refractivity contribution in [3.05, 3.63) is 136 Å². The first-order chi connectivity index (χ1) is 27.7. The zero-order chi connectivity index (χ0) is 39.2. The van der Waals surface area contributed by atoms with Crippen molar-refractivity contribution in [2.24, 2.45) is 5.92 Å². The highest BCUT2D eigenvalue weighted by molar-refractivity contribution is 6.01. The summed E-state index contributed by atoms with van der Waals surface area (Å²) >= 11 is 0. The van der Waals surface area contributed by atoms with Gasteiger partial charge < -0.3 is 25.1 Å². The minimum absolute atomic E-state index is 0.0731. The molecule has 1 unspecified atom stereocenters. The van der Waals surface area contributed by atoms with Crippen molar-refractivity contribution >= 4 is 23.2 Å². The van der Waals surface area contributed by atoms with E-state index in [1.54, 1.807) is 29.2 Å². The largest absolute Gasteiger partial charge is 0.508 e. The molecule has 3 atom stereocenters. The van der Waals surface area contributed by atoms with E-state index in [4.69, 9.17) is 0 Å². The van der Waals surface area contributed by atoms with Gasteiger partial charge >= 0.3 is 0 Å². The molecule has 57 heavy (non-hydrogen) atoms. The predicted molar refractivity (Wildman–Crippen MR) is 219 cm³/mol. The van der Waals surface area contributed by atoms with E-state index in [0.29, 0.717) is 55.2 Å². The number of phenols is 1. The number of carbonyl (C=O) groups is 2. The molecule has 4 aromatic rings. The second-order valence-corrected chi connectivity index (χ2v) is 16.7. The molecular formula is C47H51F2N5O3. The molecule has 0 bridgehead atoms. The Morgan fingerprint density at radius 3 is 2.25 bits per heavy atom. The highest BCUT2D eigenvalue weighted by Gasteiger charge is 2.39. The number of piperazine rings is 1. The van der Waals surface area contributed by atoms with Crippen LogP contribution in [0.15, 0.2) is 91.1 Å². The number of rotatable bonds is 8. The Balaban J connectivity index is 0.784. The van der Waals surface area contributed by atoms with Crippen LogP contribution in [0.2, 0.25) is 0 Å². The SMILES string of the molecule is C=C1CCC(N2Cc3cc(N4CCN(CCC5CCN(c6c(F)cc([C@@H]7c8ccc(O)cc8CC[C@@H]7c7ccccc7)cc6F)CC5)CC4)ccc3C2=O)C(=O)N1. The summed E-state index contributed by atoms with van der Waals surface area (Å²) < 4.78 is 32.2. The van der Waals surface area contributed by atoms with Crippen LogP contribution in [0, 0.1) is 17.6 Å². The quantitative estimate of drug-likeness (QED) is 0.191. The van der Waals surface area contributed by atoms with E-state index in [2.05, 4.69) is 39.9 Å². The van der Waals surface area contributed by atoms with E-state index in [-0.39, 0.29) is 35.1 Å². The third kappa shape index (κ3) is 7.40. The van der Waals surface area contributed by atoms with Gasteiger partial charge in [-0.2, -0.15) is 0 Å². The van der Waals surface area contributed by atoms with Crippen molar-refractivity contribution in [3.8, 4) is 5.75 Å². The summed E-state index contributed by atoms with van der Waals surface area (Å²) in [6.07, 6.45) is 5.78. The van der Waals surface area contributed by atoms with E-state index in [1.165, 1.54) is 0 Å². The maximum atomic E-state index is 16.1. The van der Waals surface area contributed by atoms with E-state index >= 15 is 8.78 Å². The zero-order valence-corrected chi connectivity index (χ0v) is 32.4. The van der Waals surface area contributed by atoms with Gasteiger partial charge in [0, 0.05) is 68.7 Å². The topological polar surface area (TPSA) is 79.4 Å². The average molecular weight is 772 g/mol. The lowest BCUT2D eigenvalue weighted by molar-refractivity contribution is -0.126. The summed E-state index contributed by atoms with van der Waals surface area (Å²) in [5, 5.41) is 13.0. The van der Waals surface area contributed by atoms with Gasteiger partial charge in [-0.15, -0.1) is 0 Å². The molecule has 0 saturated carbocycles. The minimum Gasteiger partial charge on any atom is -0.508 e.